The number of ether oxygens (including phenoxy) is 2. The van der Waals surface area contributed by atoms with Gasteiger partial charge in [0.05, 0.1) is 25.5 Å². The van der Waals surface area contributed by atoms with Crippen LogP contribution in [-0.4, -0.2) is 30.7 Å². The number of anilines is 2. The zero-order valence-electron chi connectivity index (χ0n) is 15.8. The second kappa shape index (κ2) is 8.19. The molecule has 0 spiro atoms. The molecule has 0 aliphatic rings. The summed E-state index contributed by atoms with van der Waals surface area (Å²) in [4.78, 5) is 24.8. The Morgan fingerprint density at radius 1 is 1.14 bits per heavy atom. The molecular formula is C21H18N4O4. The van der Waals surface area contributed by atoms with Crippen molar-refractivity contribution in [2.24, 2.45) is 0 Å². The van der Waals surface area contributed by atoms with Gasteiger partial charge in [-0.1, -0.05) is 12.1 Å². The van der Waals surface area contributed by atoms with E-state index in [9.17, 15) is 14.9 Å². The highest BCUT2D eigenvalue weighted by Gasteiger charge is 2.22. The number of carbonyl (C=O) groups excluding carboxylic acids is 2. The Balaban J connectivity index is 1.97. The maximum Gasteiger partial charge on any atom is 0.357 e. The molecule has 0 radical (unpaired) electrons. The first kappa shape index (κ1) is 19.5. The molecule has 0 aliphatic carbocycles. The number of carbonyl (C=O) groups is 2. The van der Waals surface area contributed by atoms with E-state index in [1.54, 1.807) is 55.6 Å². The molecule has 3 rings (SSSR count). The number of nitrogens with one attached hydrogen (secondary N) is 1. The summed E-state index contributed by atoms with van der Waals surface area (Å²) in [6.07, 6.45) is 1.43. The largest absolute Gasteiger partial charge is 0.497 e. The van der Waals surface area contributed by atoms with Crippen LogP contribution in [0.15, 0.2) is 54.7 Å². The van der Waals surface area contributed by atoms with Gasteiger partial charge in [0.2, 0.25) is 0 Å². The molecule has 0 unspecified atom stereocenters. The zero-order chi connectivity index (χ0) is 21.0. The van der Waals surface area contributed by atoms with Crippen LogP contribution in [-0.2, 0) is 4.74 Å². The summed E-state index contributed by atoms with van der Waals surface area (Å²) >= 11 is 0. The highest BCUT2D eigenvalue weighted by atomic mass is 16.5. The van der Waals surface area contributed by atoms with Gasteiger partial charge in [-0.2, -0.15) is 5.26 Å². The fourth-order valence-electron chi connectivity index (χ4n) is 2.82. The third kappa shape index (κ3) is 3.89. The lowest BCUT2D eigenvalue weighted by atomic mass is 10.1. The van der Waals surface area contributed by atoms with E-state index < -0.39 is 5.97 Å². The molecule has 146 valence electrons. The minimum atomic E-state index is -0.685. The van der Waals surface area contributed by atoms with Crippen LogP contribution in [0.5, 0.6) is 5.75 Å². The number of esters is 1. The lowest BCUT2D eigenvalue weighted by Gasteiger charge is -2.11. The van der Waals surface area contributed by atoms with Gasteiger partial charge in [0.15, 0.2) is 5.69 Å². The van der Waals surface area contributed by atoms with E-state index in [2.05, 4.69) is 5.32 Å². The van der Waals surface area contributed by atoms with Crippen molar-refractivity contribution in [3.05, 3.63) is 71.5 Å². The molecule has 3 aromatic rings. The number of nitrogens with two attached hydrogens (primary N) is 1. The molecule has 1 heterocycles. The SMILES string of the molecule is COC(=O)c1c(N)c(C#N)cn1-c1cccc(C(=O)Nc2cccc(OC)c2)c1. The van der Waals surface area contributed by atoms with E-state index in [4.69, 9.17) is 15.2 Å². The summed E-state index contributed by atoms with van der Waals surface area (Å²) in [7, 11) is 2.77. The van der Waals surface area contributed by atoms with E-state index in [-0.39, 0.29) is 22.9 Å². The number of methoxy groups -OCH3 is 2. The molecule has 0 fully saturated rings. The standard InChI is InChI=1S/C21H18N4O4/c1-28-17-8-4-6-15(10-17)24-20(26)13-5-3-7-16(9-13)25-12-14(11-22)18(23)19(25)21(27)29-2/h3-10,12H,23H2,1-2H3,(H,24,26). The predicted molar refractivity (Wildman–Crippen MR) is 107 cm³/mol. The number of hydrogen-bond donors (Lipinski definition) is 2. The number of aromatic nitrogens is 1. The Morgan fingerprint density at radius 3 is 2.59 bits per heavy atom. The lowest BCUT2D eigenvalue weighted by molar-refractivity contribution is 0.0593. The van der Waals surface area contributed by atoms with Crippen molar-refractivity contribution >= 4 is 23.3 Å². The minimum absolute atomic E-state index is 0.0191. The van der Waals surface area contributed by atoms with Crippen LogP contribution in [0.2, 0.25) is 0 Å². The molecule has 0 aliphatic heterocycles. The van der Waals surface area contributed by atoms with Crippen LogP contribution in [0.3, 0.4) is 0 Å². The van der Waals surface area contributed by atoms with Crippen LogP contribution in [0.1, 0.15) is 26.4 Å². The van der Waals surface area contributed by atoms with E-state index >= 15 is 0 Å². The molecule has 8 heteroatoms. The van der Waals surface area contributed by atoms with Crippen molar-refractivity contribution in [2.75, 3.05) is 25.3 Å². The van der Waals surface area contributed by atoms with Gasteiger partial charge >= 0.3 is 5.97 Å². The Kier molecular flexibility index (Phi) is 5.51. The molecule has 1 aromatic heterocycles. The van der Waals surface area contributed by atoms with Crippen LogP contribution in [0, 0.1) is 11.3 Å². The van der Waals surface area contributed by atoms with Crippen molar-refractivity contribution in [3.63, 3.8) is 0 Å². The normalized spacial score (nSPS) is 10.1. The van der Waals surface area contributed by atoms with Crippen LogP contribution in [0.4, 0.5) is 11.4 Å². The monoisotopic (exact) mass is 390 g/mol. The van der Waals surface area contributed by atoms with Crippen LogP contribution >= 0.6 is 0 Å². The Labute approximate surface area is 167 Å². The maximum absolute atomic E-state index is 12.7. The second-order valence-corrected chi connectivity index (χ2v) is 6.01. The Bertz CT molecular complexity index is 1130. The topological polar surface area (TPSA) is 119 Å². The molecule has 0 bridgehead atoms. The van der Waals surface area contributed by atoms with Gasteiger partial charge in [-0.05, 0) is 30.3 Å². The first-order chi connectivity index (χ1) is 14.0. The van der Waals surface area contributed by atoms with Gasteiger partial charge in [0.25, 0.3) is 5.91 Å². The summed E-state index contributed by atoms with van der Waals surface area (Å²) in [5.74, 6) is -0.415. The Hall–Kier alpha value is -4.25. The highest BCUT2D eigenvalue weighted by Crippen LogP contribution is 2.25. The third-order valence-corrected chi connectivity index (χ3v) is 4.26. The molecule has 0 atom stereocenters. The summed E-state index contributed by atoms with van der Waals surface area (Å²) in [5.41, 5.74) is 7.51. The predicted octanol–water partition coefficient (Wildman–Crippen LogP) is 2.98. The third-order valence-electron chi connectivity index (χ3n) is 4.26. The van der Waals surface area contributed by atoms with E-state index in [1.165, 1.54) is 17.9 Å². The number of hydrogen-bond acceptors (Lipinski definition) is 6. The number of amides is 1. The second-order valence-electron chi connectivity index (χ2n) is 6.01. The number of nitrogens with zero attached hydrogens (tertiary/aromatic N) is 2. The lowest BCUT2D eigenvalue weighted by Crippen LogP contribution is -2.14. The van der Waals surface area contributed by atoms with E-state index in [0.717, 1.165) is 0 Å². The van der Waals surface area contributed by atoms with Gasteiger partial charge < -0.3 is 25.1 Å². The number of benzene rings is 2. The zero-order valence-corrected chi connectivity index (χ0v) is 15.8. The fourth-order valence-corrected chi connectivity index (χ4v) is 2.82. The van der Waals surface area contributed by atoms with Crippen molar-refractivity contribution in [3.8, 4) is 17.5 Å². The van der Waals surface area contributed by atoms with Gasteiger partial charge in [-0.25, -0.2) is 4.79 Å². The van der Waals surface area contributed by atoms with Crippen molar-refractivity contribution in [1.29, 1.82) is 5.26 Å². The Morgan fingerprint density at radius 2 is 1.90 bits per heavy atom. The minimum Gasteiger partial charge on any atom is -0.497 e. The van der Waals surface area contributed by atoms with Crippen molar-refractivity contribution < 1.29 is 19.1 Å². The molecule has 1 amide bonds. The average Bonchev–Trinajstić information content (AvgIpc) is 3.09. The number of rotatable bonds is 5. The van der Waals surface area contributed by atoms with E-state index in [0.29, 0.717) is 22.7 Å². The summed E-state index contributed by atoms with van der Waals surface area (Å²) < 4.78 is 11.4. The number of nitriles is 1. The number of nitrogen functional groups attached to an aromatic ring is 1. The van der Waals surface area contributed by atoms with Crippen molar-refractivity contribution in [2.45, 2.75) is 0 Å². The molecule has 0 saturated heterocycles. The summed E-state index contributed by atoms with van der Waals surface area (Å²) in [6.45, 7) is 0. The summed E-state index contributed by atoms with van der Waals surface area (Å²) in [6, 6.07) is 15.5. The van der Waals surface area contributed by atoms with Crippen molar-refractivity contribution in [1.82, 2.24) is 4.57 Å². The first-order valence-electron chi connectivity index (χ1n) is 8.53. The summed E-state index contributed by atoms with van der Waals surface area (Å²) in [5, 5.41) is 12.0. The molecule has 29 heavy (non-hydrogen) atoms. The first-order valence-corrected chi connectivity index (χ1v) is 8.53. The molecular weight excluding hydrogens is 372 g/mol. The average molecular weight is 390 g/mol. The maximum atomic E-state index is 12.7. The fraction of sp³-hybridized carbons (Fsp3) is 0.0952. The molecule has 3 N–H and O–H groups in total. The van der Waals surface area contributed by atoms with Crippen LogP contribution in [0.25, 0.3) is 5.69 Å². The van der Waals surface area contributed by atoms with Crippen LogP contribution < -0.4 is 15.8 Å². The van der Waals surface area contributed by atoms with Gasteiger partial charge in [-0.3, -0.25) is 4.79 Å². The van der Waals surface area contributed by atoms with Gasteiger partial charge in [-0.15, -0.1) is 0 Å². The molecule has 0 saturated carbocycles. The molecule has 8 nitrogen and oxygen atoms in total. The highest BCUT2D eigenvalue weighted by molar-refractivity contribution is 6.04. The molecule has 2 aromatic carbocycles. The smallest absolute Gasteiger partial charge is 0.357 e. The quantitative estimate of drug-likeness (QED) is 0.647. The van der Waals surface area contributed by atoms with Gasteiger partial charge in [0.1, 0.15) is 11.8 Å². The van der Waals surface area contributed by atoms with E-state index in [1.807, 2.05) is 6.07 Å². The van der Waals surface area contributed by atoms with Gasteiger partial charge in [0, 0.05) is 29.2 Å².